The highest BCUT2D eigenvalue weighted by molar-refractivity contribution is 5.73. The fourth-order valence-corrected chi connectivity index (χ4v) is 3.31. The van der Waals surface area contributed by atoms with Gasteiger partial charge >= 0.3 is 0 Å². The van der Waals surface area contributed by atoms with Gasteiger partial charge in [0.1, 0.15) is 0 Å². The summed E-state index contributed by atoms with van der Waals surface area (Å²) in [7, 11) is 0. The van der Waals surface area contributed by atoms with Gasteiger partial charge in [0, 0.05) is 39.5 Å². The molecule has 1 aromatic heterocycles. The maximum atomic E-state index is 12.1. The zero-order valence-corrected chi connectivity index (χ0v) is 14.6. The van der Waals surface area contributed by atoms with E-state index in [1.807, 2.05) is 30.3 Å². The van der Waals surface area contributed by atoms with E-state index < -0.39 is 6.10 Å². The first-order valence-electron chi connectivity index (χ1n) is 8.54. The van der Waals surface area contributed by atoms with Crippen molar-refractivity contribution in [3.63, 3.8) is 0 Å². The van der Waals surface area contributed by atoms with Crippen LogP contribution in [-0.2, 0) is 11.3 Å². The van der Waals surface area contributed by atoms with Crippen LogP contribution in [0.2, 0.25) is 0 Å². The van der Waals surface area contributed by atoms with Crippen LogP contribution in [0.1, 0.15) is 36.7 Å². The van der Waals surface area contributed by atoms with E-state index in [1.165, 1.54) is 0 Å². The van der Waals surface area contributed by atoms with E-state index in [1.54, 1.807) is 18.7 Å². The summed E-state index contributed by atoms with van der Waals surface area (Å²) in [5.41, 5.74) is 0.914. The number of aliphatic hydroxyl groups is 1. The Hall–Kier alpha value is -2.25. The summed E-state index contributed by atoms with van der Waals surface area (Å²) >= 11 is 0. The van der Waals surface area contributed by atoms with Crippen LogP contribution in [0.5, 0.6) is 0 Å². The molecule has 3 rings (SSSR count). The molecule has 7 nitrogen and oxygen atoms in total. The lowest BCUT2D eigenvalue weighted by Crippen LogP contribution is -2.41. The lowest BCUT2D eigenvalue weighted by molar-refractivity contribution is -0.131. The average molecular weight is 344 g/mol. The molecule has 7 heteroatoms. The normalized spacial score (nSPS) is 19.1. The fraction of sp³-hybridized carbons (Fsp3) is 0.500. The maximum Gasteiger partial charge on any atom is 0.223 e. The molecule has 1 aliphatic heterocycles. The summed E-state index contributed by atoms with van der Waals surface area (Å²) < 4.78 is 4.99. The molecule has 1 fully saturated rings. The molecule has 0 aliphatic carbocycles. The molecule has 2 atom stereocenters. The molecular weight excluding hydrogens is 320 g/mol. The third-order valence-corrected chi connectivity index (χ3v) is 4.59. The van der Waals surface area contributed by atoms with Crippen LogP contribution in [0, 0.1) is 6.92 Å². The van der Waals surface area contributed by atoms with Gasteiger partial charge in [0.15, 0.2) is 5.82 Å². The molecule has 1 amide bonds. The first-order chi connectivity index (χ1) is 12.0. The minimum atomic E-state index is -0.523. The van der Waals surface area contributed by atoms with E-state index in [0.717, 1.165) is 25.1 Å². The van der Waals surface area contributed by atoms with Crippen molar-refractivity contribution in [3.05, 3.63) is 47.6 Å². The number of rotatable bonds is 6. The van der Waals surface area contributed by atoms with Crippen LogP contribution < -0.4 is 0 Å². The topological polar surface area (TPSA) is 82.7 Å². The van der Waals surface area contributed by atoms with Crippen LogP contribution in [-0.4, -0.2) is 56.6 Å². The lowest BCUT2D eigenvalue weighted by atomic mass is 10.1. The average Bonchev–Trinajstić information content (AvgIpc) is 3.22. The molecule has 1 saturated heterocycles. The van der Waals surface area contributed by atoms with Gasteiger partial charge in [-0.2, -0.15) is 4.98 Å². The van der Waals surface area contributed by atoms with Crippen molar-refractivity contribution in [2.24, 2.45) is 0 Å². The van der Waals surface area contributed by atoms with E-state index >= 15 is 0 Å². The third-order valence-electron chi connectivity index (χ3n) is 4.59. The molecule has 1 aliphatic rings. The Kier molecular flexibility index (Phi) is 5.45. The number of β-amino-alcohol motifs (C(OH)–C–C–N with tert-alkyl or cyclic N) is 1. The van der Waals surface area contributed by atoms with E-state index in [9.17, 15) is 9.90 Å². The number of carbonyl (C=O) groups is 1. The molecule has 0 saturated carbocycles. The minimum absolute atomic E-state index is 0.00193. The molecule has 134 valence electrons. The standard InChI is InChI=1S/C18H24N4O3/c1-13-19-18(20-25-13)12-22(14(2)23)16-8-9-21(10-16)11-17(24)15-6-4-3-5-7-15/h3-7,16-17,24H,8-12H2,1-2H3. The second kappa shape index (κ2) is 7.76. The Labute approximate surface area is 147 Å². The quantitative estimate of drug-likeness (QED) is 0.856. The first-order valence-corrected chi connectivity index (χ1v) is 8.54. The number of aliphatic hydroxyl groups excluding tert-OH is 1. The van der Waals surface area contributed by atoms with Crippen molar-refractivity contribution in [3.8, 4) is 0 Å². The third kappa shape index (κ3) is 4.43. The number of amides is 1. The highest BCUT2D eigenvalue weighted by atomic mass is 16.5. The van der Waals surface area contributed by atoms with Gasteiger partial charge in [0.25, 0.3) is 0 Å². The molecular formula is C18H24N4O3. The zero-order valence-electron chi connectivity index (χ0n) is 14.6. The van der Waals surface area contributed by atoms with Crippen LogP contribution in [0.25, 0.3) is 0 Å². The Morgan fingerprint density at radius 2 is 2.20 bits per heavy atom. The number of hydrogen-bond donors (Lipinski definition) is 1. The second-order valence-electron chi connectivity index (χ2n) is 6.51. The van der Waals surface area contributed by atoms with Crippen molar-refractivity contribution < 1.29 is 14.4 Å². The van der Waals surface area contributed by atoms with Crippen molar-refractivity contribution in [1.82, 2.24) is 19.9 Å². The van der Waals surface area contributed by atoms with Crippen LogP contribution >= 0.6 is 0 Å². The Morgan fingerprint density at radius 3 is 2.84 bits per heavy atom. The van der Waals surface area contributed by atoms with E-state index in [-0.39, 0.29) is 11.9 Å². The molecule has 1 N–H and O–H groups in total. The second-order valence-corrected chi connectivity index (χ2v) is 6.51. The lowest BCUT2D eigenvalue weighted by Gasteiger charge is -2.27. The summed E-state index contributed by atoms with van der Waals surface area (Å²) in [6.45, 7) is 5.80. The van der Waals surface area contributed by atoms with E-state index in [4.69, 9.17) is 4.52 Å². The maximum absolute atomic E-state index is 12.1. The van der Waals surface area contributed by atoms with Crippen LogP contribution in [0.4, 0.5) is 0 Å². The van der Waals surface area contributed by atoms with Crippen molar-refractivity contribution in [2.75, 3.05) is 19.6 Å². The zero-order chi connectivity index (χ0) is 17.8. The fourth-order valence-electron chi connectivity index (χ4n) is 3.31. The SMILES string of the molecule is CC(=O)N(Cc1noc(C)n1)C1CCN(CC(O)c2ccccc2)C1. The van der Waals surface area contributed by atoms with Crippen molar-refractivity contribution in [1.29, 1.82) is 0 Å². The van der Waals surface area contributed by atoms with Crippen LogP contribution in [0.3, 0.4) is 0 Å². The number of aromatic nitrogens is 2. The first kappa shape index (κ1) is 17.6. The molecule has 0 radical (unpaired) electrons. The monoisotopic (exact) mass is 344 g/mol. The highest BCUT2D eigenvalue weighted by Gasteiger charge is 2.31. The molecule has 0 bridgehead atoms. The predicted octanol–water partition coefficient (Wildman–Crippen LogP) is 1.53. The molecule has 2 heterocycles. The van der Waals surface area contributed by atoms with Gasteiger partial charge in [-0.1, -0.05) is 35.5 Å². The van der Waals surface area contributed by atoms with Gasteiger partial charge in [-0.25, -0.2) is 0 Å². The number of benzene rings is 1. The van der Waals surface area contributed by atoms with E-state index in [0.29, 0.717) is 24.8 Å². The summed E-state index contributed by atoms with van der Waals surface area (Å²) in [6, 6.07) is 9.74. The summed E-state index contributed by atoms with van der Waals surface area (Å²) in [4.78, 5) is 20.2. The molecule has 25 heavy (non-hydrogen) atoms. The largest absolute Gasteiger partial charge is 0.387 e. The molecule has 0 spiro atoms. The van der Waals surface area contributed by atoms with Crippen molar-refractivity contribution >= 4 is 5.91 Å². The molecule has 2 aromatic rings. The summed E-state index contributed by atoms with van der Waals surface area (Å²) in [5.74, 6) is 1.02. The number of carbonyl (C=O) groups excluding carboxylic acids is 1. The van der Waals surface area contributed by atoms with Gasteiger partial charge in [-0.15, -0.1) is 0 Å². The highest BCUT2D eigenvalue weighted by Crippen LogP contribution is 2.21. The Morgan fingerprint density at radius 1 is 1.44 bits per heavy atom. The number of likely N-dealkylation sites (tertiary alicyclic amines) is 1. The Balaban J connectivity index is 1.59. The van der Waals surface area contributed by atoms with E-state index in [2.05, 4.69) is 15.0 Å². The van der Waals surface area contributed by atoms with Gasteiger partial charge in [-0.05, 0) is 12.0 Å². The number of hydrogen-bond acceptors (Lipinski definition) is 6. The summed E-state index contributed by atoms with van der Waals surface area (Å²) in [6.07, 6.45) is 0.350. The minimum Gasteiger partial charge on any atom is -0.387 e. The number of aryl methyl sites for hydroxylation is 1. The summed E-state index contributed by atoms with van der Waals surface area (Å²) in [5, 5.41) is 14.3. The predicted molar refractivity (Wildman–Crippen MR) is 91.5 cm³/mol. The number of nitrogens with zero attached hydrogens (tertiary/aromatic N) is 4. The van der Waals surface area contributed by atoms with Crippen molar-refractivity contribution in [2.45, 2.75) is 39.0 Å². The Bertz CT molecular complexity index is 703. The smallest absolute Gasteiger partial charge is 0.223 e. The van der Waals surface area contributed by atoms with Gasteiger partial charge in [0.2, 0.25) is 11.8 Å². The van der Waals surface area contributed by atoms with Gasteiger partial charge in [0.05, 0.1) is 12.6 Å². The van der Waals surface area contributed by atoms with Gasteiger partial charge in [-0.3, -0.25) is 9.69 Å². The van der Waals surface area contributed by atoms with Gasteiger partial charge < -0.3 is 14.5 Å². The molecule has 1 aromatic carbocycles. The molecule has 2 unspecified atom stereocenters. The van der Waals surface area contributed by atoms with Crippen LogP contribution in [0.15, 0.2) is 34.9 Å².